The molecule has 0 fully saturated rings. The zero-order valence-electron chi connectivity index (χ0n) is 8.37. The molecule has 13 heavy (non-hydrogen) atoms. The van der Waals surface area contributed by atoms with Crippen molar-refractivity contribution in [1.82, 2.24) is 4.98 Å². The Bertz CT molecular complexity index is 307. The molecule has 1 heterocycles. The van der Waals surface area contributed by atoms with E-state index in [2.05, 4.69) is 4.98 Å². The van der Waals surface area contributed by atoms with Gasteiger partial charge in [0.05, 0.1) is 11.6 Å². The Balaban J connectivity index is 2.98. The number of ketones is 1. The normalized spacial score (nSPS) is 12.5. The second kappa shape index (κ2) is 4.17. The lowest BCUT2D eigenvalue weighted by atomic mass is 9.97. The lowest BCUT2D eigenvalue weighted by Gasteiger charge is -2.10. The number of carbonyl (C=O) groups is 1. The first kappa shape index (κ1) is 9.90. The summed E-state index contributed by atoms with van der Waals surface area (Å²) < 4.78 is 0. The van der Waals surface area contributed by atoms with Crippen molar-refractivity contribution in [1.29, 1.82) is 0 Å². The van der Waals surface area contributed by atoms with Crippen LogP contribution < -0.4 is 0 Å². The highest BCUT2D eigenvalue weighted by Crippen LogP contribution is 2.18. The number of aryl methyl sites for hydroxylation is 1. The van der Waals surface area contributed by atoms with Crippen LogP contribution in [0.15, 0.2) is 18.3 Å². The van der Waals surface area contributed by atoms with Crippen LogP contribution in [0.4, 0.5) is 0 Å². The zero-order chi connectivity index (χ0) is 9.84. The van der Waals surface area contributed by atoms with Gasteiger partial charge in [-0.3, -0.25) is 9.78 Å². The number of pyridine rings is 1. The number of carbonyl (C=O) groups excluding carboxylic acids is 1. The van der Waals surface area contributed by atoms with Gasteiger partial charge in [-0.1, -0.05) is 6.92 Å². The first-order valence-electron chi connectivity index (χ1n) is 4.58. The molecule has 1 aromatic heterocycles. The highest BCUT2D eigenvalue weighted by molar-refractivity contribution is 5.82. The van der Waals surface area contributed by atoms with E-state index in [4.69, 9.17) is 0 Å². The molecule has 0 aliphatic heterocycles. The highest BCUT2D eigenvalue weighted by Gasteiger charge is 2.15. The maximum absolute atomic E-state index is 11.2. The van der Waals surface area contributed by atoms with E-state index < -0.39 is 0 Å². The number of hydrogen-bond donors (Lipinski definition) is 0. The van der Waals surface area contributed by atoms with Crippen molar-refractivity contribution >= 4 is 5.78 Å². The summed E-state index contributed by atoms with van der Waals surface area (Å²) in [5, 5.41) is 0. The third-order valence-corrected chi connectivity index (χ3v) is 2.19. The molecule has 0 spiro atoms. The van der Waals surface area contributed by atoms with Gasteiger partial charge in [-0.25, -0.2) is 0 Å². The van der Waals surface area contributed by atoms with Crippen LogP contribution in [0.1, 0.15) is 37.4 Å². The van der Waals surface area contributed by atoms with Crippen molar-refractivity contribution in [3.05, 3.63) is 29.6 Å². The minimum Gasteiger partial charge on any atom is -0.299 e. The van der Waals surface area contributed by atoms with Gasteiger partial charge < -0.3 is 0 Å². The predicted molar refractivity (Wildman–Crippen MR) is 52.7 cm³/mol. The molecule has 70 valence electrons. The Morgan fingerprint density at radius 2 is 2.31 bits per heavy atom. The second-order valence-electron chi connectivity index (χ2n) is 3.33. The molecule has 0 bridgehead atoms. The van der Waals surface area contributed by atoms with Crippen LogP contribution in [0.25, 0.3) is 0 Å². The highest BCUT2D eigenvalue weighted by atomic mass is 16.1. The first-order valence-corrected chi connectivity index (χ1v) is 4.58. The molecule has 1 aromatic rings. The van der Waals surface area contributed by atoms with Crippen molar-refractivity contribution < 1.29 is 4.79 Å². The zero-order valence-corrected chi connectivity index (χ0v) is 8.37. The monoisotopic (exact) mass is 177 g/mol. The largest absolute Gasteiger partial charge is 0.299 e. The van der Waals surface area contributed by atoms with E-state index >= 15 is 0 Å². The Morgan fingerprint density at radius 3 is 2.77 bits per heavy atom. The molecule has 0 saturated heterocycles. The van der Waals surface area contributed by atoms with E-state index in [1.807, 2.05) is 26.0 Å². The molecule has 0 N–H and O–H groups in total. The molecule has 0 saturated carbocycles. The van der Waals surface area contributed by atoms with Gasteiger partial charge in [0.2, 0.25) is 0 Å². The number of Topliss-reactive ketones (excluding diaryl/α,β-unsaturated/α-hetero) is 1. The van der Waals surface area contributed by atoms with E-state index in [1.54, 1.807) is 13.1 Å². The summed E-state index contributed by atoms with van der Waals surface area (Å²) in [4.78, 5) is 15.5. The van der Waals surface area contributed by atoms with Gasteiger partial charge in [-0.05, 0) is 38.0 Å². The molecular formula is C11H15NO. The first-order chi connectivity index (χ1) is 6.15. The van der Waals surface area contributed by atoms with E-state index in [0.29, 0.717) is 0 Å². The van der Waals surface area contributed by atoms with Crippen molar-refractivity contribution in [3.8, 4) is 0 Å². The van der Waals surface area contributed by atoms with Gasteiger partial charge in [0.25, 0.3) is 0 Å². The fourth-order valence-electron chi connectivity index (χ4n) is 1.45. The van der Waals surface area contributed by atoms with Gasteiger partial charge in [0, 0.05) is 6.20 Å². The minimum atomic E-state index is -0.0279. The lowest BCUT2D eigenvalue weighted by Crippen LogP contribution is -2.09. The molecule has 0 aliphatic carbocycles. The summed E-state index contributed by atoms with van der Waals surface area (Å²) in [7, 11) is 0. The summed E-state index contributed by atoms with van der Waals surface area (Å²) in [6.45, 7) is 5.65. The lowest BCUT2D eigenvalue weighted by molar-refractivity contribution is -0.118. The average molecular weight is 177 g/mol. The quantitative estimate of drug-likeness (QED) is 0.710. The van der Waals surface area contributed by atoms with Crippen LogP contribution >= 0.6 is 0 Å². The molecule has 1 unspecified atom stereocenters. The summed E-state index contributed by atoms with van der Waals surface area (Å²) in [6, 6.07) is 3.92. The topological polar surface area (TPSA) is 30.0 Å². The molecule has 2 heteroatoms. The Morgan fingerprint density at radius 1 is 1.62 bits per heavy atom. The predicted octanol–water partition coefficient (Wildman–Crippen LogP) is 2.47. The van der Waals surface area contributed by atoms with Gasteiger partial charge in [-0.2, -0.15) is 0 Å². The number of nitrogens with zero attached hydrogens (tertiary/aromatic N) is 1. The van der Waals surface area contributed by atoms with Crippen molar-refractivity contribution in [2.45, 2.75) is 33.1 Å². The number of hydrogen-bond acceptors (Lipinski definition) is 2. The third-order valence-electron chi connectivity index (χ3n) is 2.19. The summed E-state index contributed by atoms with van der Waals surface area (Å²) in [6.07, 6.45) is 2.59. The fraction of sp³-hybridized carbons (Fsp3) is 0.455. The molecule has 0 amide bonds. The molecule has 1 rings (SSSR count). The van der Waals surface area contributed by atoms with Crippen LogP contribution in [-0.4, -0.2) is 10.8 Å². The molecule has 2 nitrogen and oxygen atoms in total. The smallest absolute Gasteiger partial charge is 0.138 e. The second-order valence-corrected chi connectivity index (χ2v) is 3.33. The Kier molecular flexibility index (Phi) is 3.18. The van der Waals surface area contributed by atoms with Gasteiger partial charge in [-0.15, -0.1) is 0 Å². The van der Waals surface area contributed by atoms with E-state index in [1.165, 1.54) is 0 Å². The summed E-state index contributed by atoms with van der Waals surface area (Å²) in [5.74, 6) is 0.167. The van der Waals surface area contributed by atoms with Crippen LogP contribution in [-0.2, 0) is 4.79 Å². The summed E-state index contributed by atoms with van der Waals surface area (Å²) in [5.41, 5.74) is 2.06. The Hall–Kier alpha value is -1.18. The van der Waals surface area contributed by atoms with Crippen LogP contribution in [0.5, 0.6) is 0 Å². The molecule has 0 aromatic carbocycles. The number of aromatic nitrogens is 1. The molecule has 1 atom stereocenters. The van der Waals surface area contributed by atoms with Gasteiger partial charge >= 0.3 is 0 Å². The van der Waals surface area contributed by atoms with Crippen molar-refractivity contribution in [3.63, 3.8) is 0 Å². The van der Waals surface area contributed by atoms with E-state index in [9.17, 15) is 4.79 Å². The molecule has 0 aliphatic rings. The number of rotatable bonds is 3. The van der Waals surface area contributed by atoms with Crippen molar-refractivity contribution in [2.75, 3.05) is 0 Å². The minimum absolute atomic E-state index is 0.0279. The summed E-state index contributed by atoms with van der Waals surface area (Å²) >= 11 is 0. The average Bonchev–Trinajstić information content (AvgIpc) is 2.04. The van der Waals surface area contributed by atoms with Crippen LogP contribution in [0.2, 0.25) is 0 Å². The third kappa shape index (κ3) is 2.38. The van der Waals surface area contributed by atoms with Gasteiger partial charge in [0.15, 0.2) is 0 Å². The van der Waals surface area contributed by atoms with Crippen LogP contribution in [0.3, 0.4) is 0 Å². The SMILES string of the molecule is CCC(C(C)=O)c1cc(C)ccn1. The fourth-order valence-corrected chi connectivity index (χ4v) is 1.45. The maximum Gasteiger partial charge on any atom is 0.138 e. The van der Waals surface area contributed by atoms with Crippen molar-refractivity contribution in [2.24, 2.45) is 0 Å². The van der Waals surface area contributed by atoms with Gasteiger partial charge in [0.1, 0.15) is 5.78 Å². The standard InChI is InChI=1S/C11H15NO/c1-4-10(9(3)13)11-7-8(2)5-6-12-11/h5-7,10H,4H2,1-3H3. The van der Waals surface area contributed by atoms with E-state index in [-0.39, 0.29) is 11.7 Å². The maximum atomic E-state index is 11.2. The Labute approximate surface area is 79.0 Å². The van der Waals surface area contributed by atoms with E-state index in [0.717, 1.165) is 17.7 Å². The molecule has 0 radical (unpaired) electrons. The molecular weight excluding hydrogens is 162 g/mol. The van der Waals surface area contributed by atoms with Crippen LogP contribution in [0, 0.1) is 6.92 Å².